The van der Waals surface area contributed by atoms with Gasteiger partial charge in [0.1, 0.15) is 10.6 Å². The molecule has 1 aliphatic heterocycles. The van der Waals surface area contributed by atoms with Crippen LogP contribution in [0.3, 0.4) is 0 Å². The zero-order valence-corrected chi connectivity index (χ0v) is 23.7. The van der Waals surface area contributed by atoms with Crippen LogP contribution in [-0.4, -0.2) is 46.0 Å². The third-order valence-electron chi connectivity index (χ3n) is 7.34. The third-order valence-corrected chi connectivity index (χ3v) is 9.37. The molecule has 1 atom stereocenters. The third kappa shape index (κ3) is 5.34. The zero-order chi connectivity index (χ0) is 26.8. The van der Waals surface area contributed by atoms with E-state index in [4.69, 9.17) is 4.74 Å². The van der Waals surface area contributed by atoms with Crippen LogP contribution in [-0.2, 0) is 16.6 Å². The topological polar surface area (TPSA) is 53.1 Å². The Labute approximate surface area is 222 Å². The lowest BCUT2D eigenvalue weighted by Gasteiger charge is -2.41. The van der Waals surface area contributed by atoms with Gasteiger partial charge >= 0.3 is 0 Å². The molecule has 0 aromatic heterocycles. The van der Waals surface area contributed by atoms with Crippen molar-refractivity contribution < 1.29 is 13.2 Å². The summed E-state index contributed by atoms with van der Waals surface area (Å²) in [4.78, 5) is 4.60. The van der Waals surface area contributed by atoms with Crippen molar-refractivity contribution in [3.8, 4) is 5.75 Å². The summed E-state index contributed by atoms with van der Waals surface area (Å²) >= 11 is 0. The molecule has 37 heavy (non-hydrogen) atoms. The number of hydrogen-bond donors (Lipinski definition) is 0. The molecule has 0 bridgehead atoms. The van der Waals surface area contributed by atoms with Gasteiger partial charge in [-0.05, 0) is 67.8 Å². The second-order valence-corrected chi connectivity index (χ2v) is 12.2. The fourth-order valence-corrected chi connectivity index (χ4v) is 7.29. The summed E-state index contributed by atoms with van der Waals surface area (Å²) in [5, 5.41) is 0. The quantitative estimate of drug-likeness (QED) is 0.345. The minimum atomic E-state index is -3.84. The minimum Gasteiger partial charge on any atom is -0.497 e. The average Bonchev–Trinajstić information content (AvgIpc) is 2.95. The molecule has 0 spiro atoms. The first-order chi connectivity index (χ1) is 17.6. The van der Waals surface area contributed by atoms with Crippen molar-refractivity contribution >= 4 is 27.1 Å². The monoisotopic (exact) mass is 521 g/mol. The number of hydrogen-bond acceptors (Lipinski definition) is 5. The molecule has 0 aliphatic carbocycles. The molecule has 0 radical (unpaired) electrons. The van der Waals surface area contributed by atoms with Crippen LogP contribution in [0.15, 0.2) is 71.6 Å². The molecule has 0 N–H and O–H groups in total. The Kier molecular flexibility index (Phi) is 7.85. The standard InChI is InChI=1S/C30H39N3O3S/c1-7-8-18-30(3)22-32(25-12-10-9-11-13-25)28-20-27(31(4)5)23(2)19-29(28)37(34,35)33(30)21-24-14-16-26(36-6)17-15-24/h9-17,19-20H,7-8,18,21-22H2,1-6H3. The highest BCUT2D eigenvalue weighted by atomic mass is 32.2. The number of nitrogens with zero attached hydrogens (tertiary/aromatic N) is 3. The highest BCUT2D eigenvalue weighted by molar-refractivity contribution is 7.89. The SMILES string of the molecule is CCCCC1(C)CN(c2ccccc2)c2cc(N(C)C)c(C)cc2S(=O)(=O)N1Cc1ccc(OC)cc1. The van der Waals surface area contributed by atoms with E-state index in [9.17, 15) is 8.42 Å². The first-order valence-corrected chi connectivity index (χ1v) is 14.3. The highest BCUT2D eigenvalue weighted by Crippen LogP contribution is 2.45. The van der Waals surface area contributed by atoms with Gasteiger partial charge in [-0.2, -0.15) is 4.31 Å². The summed E-state index contributed by atoms with van der Waals surface area (Å²) in [6.45, 7) is 7.08. The van der Waals surface area contributed by atoms with Gasteiger partial charge in [-0.25, -0.2) is 8.42 Å². The second-order valence-electron chi connectivity index (χ2n) is 10.4. The van der Waals surface area contributed by atoms with E-state index in [0.29, 0.717) is 18.0 Å². The van der Waals surface area contributed by atoms with Crippen LogP contribution in [0.5, 0.6) is 5.75 Å². The Morgan fingerprint density at radius 1 is 1.03 bits per heavy atom. The summed E-state index contributed by atoms with van der Waals surface area (Å²) in [5.74, 6) is 0.753. The number of benzene rings is 3. The molecule has 198 valence electrons. The molecule has 3 aromatic carbocycles. The molecular formula is C30H39N3O3S. The van der Waals surface area contributed by atoms with Crippen molar-refractivity contribution in [1.29, 1.82) is 0 Å². The van der Waals surface area contributed by atoms with Crippen LogP contribution in [0.1, 0.15) is 44.2 Å². The van der Waals surface area contributed by atoms with Gasteiger partial charge < -0.3 is 14.5 Å². The van der Waals surface area contributed by atoms with Gasteiger partial charge in [0.2, 0.25) is 10.0 Å². The van der Waals surface area contributed by atoms with E-state index in [0.717, 1.165) is 53.2 Å². The maximum Gasteiger partial charge on any atom is 0.246 e. The van der Waals surface area contributed by atoms with Gasteiger partial charge in [0.05, 0.1) is 18.3 Å². The number of rotatable bonds is 8. The van der Waals surface area contributed by atoms with Crippen molar-refractivity contribution in [3.63, 3.8) is 0 Å². The van der Waals surface area contributed by atoms with Crippen molar-refractivity contribution in [1.82, 2.24) is 4.31 Å². The van der Waals surface area contributed by atoms with E-state index in [1.807, 2.05) is 80.5 Å². The van der Waals surface area contributed by atoms with E-state index in [2.05, 4.69) is 30.9 Å². The van der Waals surface area contributed by atoms with Crippen LogP contribution in [0, 0.1) is 6.92 Å². The van der Waals surface area contributed by atoms with E-state index in [1.165, 1.54) is 0 Å². The summed E-state index contributed by atoms with van der Waals surface area (Å²) in [5.41, 5.74) is 3.96. The molecule has 0 fully saturated rings. The first-order valence-electron chi connectivity index (χ1n) is 12.9. The molecule has 3 aromatic rings. The number of ether oxygens (including phenoxy) is 1. The number of sulfonamides is 1. The number of anilines is 3. The molecule has 0 amide bonds. The molecule has 0 saturated heterocycles. The molecular weight excluding hydrogens is 482 g/mol. The number of unbranched alkanes of at least 4 members (excludes halogenated alkanes) is 1. The molecule has 1 aliphatic rings. The summed E-state index contributed by atoms with van der Waals surface area (Å²) in [6.07, 6.45) is 2.69. The Morgan fingerprint density at radius 2 is 1.70 bits per heavy atom. The summed E-state index contributed by atoms with van der Waals surface area (Å²) < 4.78 is 36.3. The summed E-state index contributed by atoms with van der Waals surface area (Å²) in [6, 6.07) is 21.7. The summed E-state index contributed by atoms with van der Waals surface area (Å²) in [7, 11) is 1.79. The highest BCUT2D eigenvalue weighted by Gasteiger charge is 2.46. The zero-order valence-electron chi connectivity index (χ0n) is 22.9. The predicted molar refractivity (Wildman–Crippen MR) is 153 cm³/mol. The molecule has 6 nitrogen and oxygen atoms in total. The maximum absolute atomic E-state index is 14.6. The normalized spacial score (nSPS) is 19.2. The van der Waals surface area contributed by atoms with Gasteiger partial charge in [-0.1, -0.05) is 50.1 Å². The molecule has 1 heterocycles. The Balaban J connectivity index is 1.95. The lowest BCUT2D eigenvalue weighted by Crippen LogP contribution is -2.53. The van der Waals surface area contributed by atoms with Crippen LogP contribution in [0.25, 0.3) is 0 Å². The van der Waals surface area contributed by atoms with Crippen LogP contribution in [0.2, 0.25) is 0 Å². The predicted octanol–water partition coefficient (Wildman–Crippen LogP) is 6.36. The first kappa shape index (κ1) is 27.0. The van der Waals surface area contributed by atoms with Crippen molar-refractivity contribution in [3.05, 3.63) is 77.9 Å². The number of methoxy groups -OCH3 is 1. The number of aryl methyl sites for hydroxylation is 1. The van der Waals surface area contributed by atoms with Crippen molar-refractivity contribution in [2.24, 2.45) is 0 Å². The van der Waals surface area contributed by atoms with Crippen molar-refractivity contribution in [2.45, 2.75) is 57.0 Å². The van der Waals surface area contributed by atoms with Crippen LogP contribution >= 0.6 is 0 Å². The van der Waals surface area contributed by atoms with Crippen molar-refractivity contribution in [2.75, 3.05) is 37.5 Å². The molecule has 0 saturated carbocycles. The maximum atomic E-state index is 14.6. The lowest BCUT2D eigenvalue weighted by molar-refractivity contribution is 0.191. The Bertz CT molecular complexity index is 1320. The molecule has 7 heteroatoms. The van der Waals surface area contributed by atoms with Crippen LogP contribution in [0.4, 0.5) is 17.1 Å². The number of fused-ring (bicyclic) bond motifs is 1. The van der Waals surface area contributed by atoms with E-state index in [1.54, 1.807) is 11.4 Å². The smallest absolute Gasteiger partial charge is 0.246 e. The fourth-order valence-electron chi connectivity index (χ4n) is 5.24. The van der Waals surface area contributed by atoms with Gasteiger partial charge in [0, 0.05) is 38.6 Å². The van der Waals surface area contributed by atoms with E-state index < -0.39 is 15.6 Å². The largest absolute Gasteiger partial charge is 0.497 e. The van der Waals surface area contributed by atoms with Gasteiger partial charge in [0.15, 0.2) is 0 Å². The van der Waals surface area contributed by atoms with Gasteiger partial charge in [0.25, 0.3) is 0 Å². The van der Waals surface area contributed by atoms with Gasteiger partial charge in [-0.15, -0.1) is 0 Å². The van der Waals surface area contributed by atoms with E-state index >= 15 is 0 Å². The Hall–Kier alpha value is -3.03. The Morgan fingerprint density at radius 3 is 2.30 bits per heavy atom. The molecule has 4 rings (SSSR count). The molecule has 1 unspecified atom stereocenters. The van der Waals surface area contributed by atoms with Crippen LogP contribution < -0.4 is 14.5 Å². The fraction of sp³-hybridized carbons (Fsp3) is 0.400. The van der Waals surface area contributed by atoms with Gasteiger partial charge in [-0.3, -0.25) is 0 Å². The lowest BCUT2D eigenvalue weighted by atomic mass is 9.92. The number of para-hydroxylation sites is 1. The minimum absolute atomic E-state index is 0.295. The second kappa shape index (κ2) is 10.8. The van der Waals surface area contributed by atoms with E-state index in [-0.39, 0.29) is 0 Å². The average molecular weight is 522 g/mol.